The number of ether oxygens (including phenoxy) is 1. The molecular formula is C24H28N2O4. The van der Waals surface area contributed by atoms with Crippen molar-refractivity contribution in [2.45, 2.75) is 45.1 Å². The van der Waals surface area contributed by atoms with Crippen LogP contribution in [0.15, 0.2) is 54.6 Å². The van der Waals surface area contributed by atoms with Gasteiger partial charge in [0.15, 0.2) is 11.7 Å². The molecule has 158 valence electrons. The van der Waals surface area contributed by atoms with Crippen molar-refractivity contribution in [1.82, 2.24) is 5.32 Å². The standard InChI is InChI=1S/C24H28N2O4/c1-3-4-8-14-30-19-13-9-12-18(15-19)25-22(28)20-21(27)24(2,26-23(20)29)16-17-10-6-5-7-11-17/h5-7,9-13,15,20H,3-4,8,14,16H2,1-2H3,(H,25,28)(H,26,29). The van der Waals surface area contributed by atoms with E-state index in [1.807, 2.05) is 36.4 Å². The van der Waals surface area contributed by atoms with E-state index >= 15 is 0 Å². The highest BCUT2D eigenvalue weighted by Crippen LogP contribution is 2.27. The zero-order valence-electron chi connectivity index (χ0n) is 17.4. The molecule has 2 atom stereocenters. The normalized spacial score (nSPS) is 20.7. The number of carbonyl (C=O) groups excluding carboxylic acids is 3. The number of amides is 2. The average Bonchev–Trinajstić information content (AvgIpc) is 2.94. The monoisotopic (exact) mass is 408 g/mol. The summed E-state index contributed by atoms with van der Waals surface area (Å²) in [6, 6.07) is 16.4. The van der Waals surface area contributed by atoms with Gasteiger partial charge in [0.2, 0.25) is 11.8 Å². The Morgan fingerprint density at radius 1 is 1.10 bits per heavy atom. The fourth-order valence-corrected chi connectivity index (χ4v) is 3.64. The van der Waals surface area contributed by atoms with Gasteiger partial charge in [-0.3, -0.25) is 14.4 Å². The van der Waals surface area contributed by atoms with E-state index in [9.17, 15) is 14.4 Å². The van der Waals surface area contributed by atoms with Crippen molar-refractivity contribution in [1.29, 1.82) is 0 Å². The number of rotatable bonds is 9. The summed E-state index contributed by atoms with van der Waals surface area (Å²) in [6.45, 7) is 4.40. The van der Waals surface area contributed by atoms with Crippen molar-refractivity contribution in [3.63, 3.8) is 0 Å². The molecule has 0 bridgehead atoms. The molecule has 6 heteroatoms. The lowest BCUT2D eigenvalue weighted by Gasteiger charge is -2.22. The van der Waals surface area contributed by atoms with E-state index in [1.54, 1.807) is 25.1 Å². The maximum atomic E-state index is 13.0. The molecule has 2 N–H and O–H groups in total. The maximum Gasteiger partial charge on any atom is 0.244 e. The minimum atomic E-state index is -1.37. The van der Waals surface area contributed by atoms with E-state index in [1.165, 1.54) is 0 Å². The molecule has 3 rings (SSSR count). The Bertz CT molecular complexity index is 912. The van der Waals surface area contributed by atoms with Crippen LogP contribution in [0.25, 0.3) is 0 Å². The highest BCUT2D eigenvalue weighted by molar-refractivity contribution is 6.27. The third kappa shape index (κ3) is 5.06. The van der Waals surface area contributed by atoms with Gasteiger partial charge < -0.3 is 15.4 Å². The first-order chi connectivity index (χ1) is 14.4. The number of hydrogen-bond acceptors (Lipinski definition) is 4. The minimum Gasteiger partial charge on any atom is -0.494 e. The summed E-state index contributed by atoms with van der Waals surface area (Å²) in [6.07, 6.45) is 3.50. The average molecular weight is 408 g/mol. The zero-order chi connectivity index (χ0) is 21.6. The van der Waals surface area contributed by atoms with E-state index < -0.39 is 29.1 Å². The molecule has 6 nitrogen and oxygen atoms in total. The van der Waals surface area contributed by atoms with Gasteiger partial charge in [-0.2, -0.15) is 0 Å². The predicted molar refractivity (Wildman–Crippen MR) is 115 cm³/mol. The van der Waals surface area contributed by atoms with Crippen LogP contribution in [-0.4, -0.2) is 29.7 Å². The summed E-state index contributed by atoms with van der Waals surface area (Å²) >= 11 is 0. The number of anilines is 1. The molecule has 2 aromatic rings. The van der Waals surface area contributed by atoms with Gasteiger partial charge in [0.25, 0.3) is 0 Å². The molecular weight excluding hydrogens is 380 g/mol. The van der Waals surface area contributed by atoms with Gasteiger partial charge in [-0.25, -0.2) is 0 Å². The number of carbonyl (C=O) groups is 3. The number of benzene rings is 2. The molecule has 1 heterocycles. The number of Topliss-reactive ketones (excluding diaryl/α,β-unsaturated/α-hetero) is 1. The predicted octanol–water partition coefficient (Wildman–Crippen LogP) is 3.51. The molecule has 30 heavy (non-hydrogen) atoms. The van der Waals surface area contributed by atoms with Gasteiger partial charge in [0.1, 0.15) is 11.3 Å². The Morgan fingerprint density at radius 2 is 1.87 bits per heavy atom. The first-order valence-corrected chi connectivity index (χ1v) is 10.4. The number of hydrogen-bond donors (Lipinski definition) is 2. The molecule has 0 aromatic heterocycles. The number of unbranched alkanes of at least 4 members (excludes halogenated alkanes) is 2. The third-order valence-electron chi connectivity index (χ3n) is 5.25. The van der Waals surface area contributed by atoms with E-state index in [0.29, 0.717) is 24.5 Å². The van der Waals surface area contributed by atoms with Gasteiger partial charge in [-0.1, -0.05) is 56.2 Å². The SMILES string of the molecule is CCCCCOc1cccc(NC(=O)C2C(=O)NC(C)(Cc3ccccc3)C2=O)c1. The Balaban J connectivity index is 1.65. The smallest absolute Gasteiger partial charge is 0.244 e. The molecule has 0 spiro atoms. The largest absolute Gasteiger partial charge is 0.494 e. The second-order valence-corrected chi connectivity index (χ2v) is 7.85. The van der Waals surface area contributed by atoms with Crippen LogP contribution in [0.5, 0.6) is 5.75 Å². The Hall–Kier alpha value is -3.15. The summed E-state index contributed by atoms with van der Waals surface area (Å²) < 4.78 is 5.70. The number of nitrogens with one attached hydrogen (secondary N) is 2. The lowest BCUT2D eigenvalue weighted by molar-refractivity contribution is -0.135. The molecule has 2 amide bonds. The zero-order valence-corrected chi connectivity index (χ0v) is 17.4. The van der Waals surface area contributed by atoms with Crippen LogP contribution in [0, 0.1) is 5.92 Å². The van der Waals surface area contributed by atoms with Crippen LogP contribution in [0.2, 0.25) is 0 Å². The lowest BCUT2D eigenvalue weighted by atomic mass is 9.86. The van der Waals surface area contributed by atoms with Crippen molar-refractivity contribution in [3.05, 3.63) is 60.2 Å². The molecule has 1 aliphatic heterocycles. The Kier molecular flexibility index (Phi) is 6.87. The fraction of sp³-hybridized carbons (Fsp3) is 0.375. The summed E-state index contributed by atoms with van der Waals surface area (Å²) in [4.78, 5) is 38.2. The van der Waals surface area contributed by atoms with Gasteiger partial charge in [0, 0.05) is 18.2 Å². The van der Waals surface area contributed by atoms with Crippen molar-refractivity contribution < 1.29 is 19.1 Å². The second kappa shape index (κ2) is 9.57. The highest BCUT2D eigenvalue weighted by Gasteiger charge is 2.52. The molecule has 0 saturated carbocycles. The third-order valence-corrected chi connectivity index (χ3v) is 5.25. The van der Waals surface area contributed by atoms with Crippen LogP contribution in [0.4, 0.5) is 5.69 Å². The fourth-order valence-electron chi connectivity index (χ4n) is 3.64. The van der Waals surface area contributed by atoms with E-state index in [-0.39, 0.29) is 0 Å². The Labute approximate surface area is 177 Å². The number of ketones is 1. The summed E-state index contributed by atoms with van der Waals surface area (Å²) in [7, 11) is 0. The molecule has 1 fully saturated rings. The van der Waals surface area contributed by atoms with E-state index in [2.05, 4.69) is 17.6 Å². The van der Waals surface area contributed by atoms with Crippen molar-refractivity contribution in [2.24, 2.45) is 5.92 Å². The molecule has 0 aliphatic carbocycles. The maximum absolute atomic E-state index is 13.0. The molecule has 1 aliphatic rings. The van der Waals surface area contributed by atoms with Gasteiger partial charge in [-0.05, 0) is 31.0 Å². The lowest BCUT2D eigenvalue weighted by Crippen LogP contribution is -2.45. The Morgan fingerprint density at radius 3 is 2.60 bits per heavy atom. The molecule has 2 unspecified atom stereocenters. The van der Waals surface area contributed by atoms with Crippen molar-refractivity contribution in [3.8, 4) is 5.75 Å². The van der Waals surface area contributed by atoms with Crippen molar-refractivity contribution >= 4 is 23.3 Å². The summed E-state index contributed by atoms with van der Waals surface area (Å²) in [5.41, 5.74) is 0.304. The van der Waals surface area contributed by atoms with Crippen LogP contribution in [0.3, 0.4) is 0 Å². The highest BCUT2D eigenvalue weighted by atomic mass is 16.5. The topological polar surface area (TPSA) is 84.5 Å². The molecule has 0 radical (unpaired) electrons. The molecule has 1 saturated heterocycles. The van der Waals surface area contributed by atoms with Crippen molar-refractivity contribution in [2.75, 3.05) is 11.9 Å². The van der Waals surface area contributed by atoms with Gasteiger partial charge in [0.05, 0.1) is 6.61 Å². The van der Waals surface area contributed by atoms with Gasteiger partial charge in [-0.15, -0.1) is 0 Å². The van der Waals surface area contributed by atoms with Crippen LogP contribution in [0.1, 0.15) is 38.7 Å². The first-order valence-electron chi connectivity index (χ1n) is 10.4. The van der Waals surface area contributed by atoms with Crippen LogP contribution in [-0.2, 0) is 20.8 Å². The molecule has 2 aromatic carbocycles. The van der Waals surface area contributed by atoms with Crippen LogP contribution >= 0.6 is 0 Å². The van der Waals surface area contributed by atoms with E-state index in [0.717, 1.165) is 24.8 Å². The second-order valence-electron chi connectivity index (χ2n) is 7.85. The van der Waals surface area contributed by atoms with E-state index in [4.69, 9.17) is 4.74 Å². The minimum absolute atomic E-state index is 0.337. The summed E-state index contributed by atoms with van der Waals surface area (Å²) in [5.74, 6) is -2.34. The van der Waals surface area contributed by atoms with Gasteiger partial charge >= 0.3 is 0 Å². The quantitative estimate of drug-likeness (QED) is 0.491. The van der Waals surface area contributed by atoms with Crippen LogP contribution < -0.4 is 15.4 Å². The first kappa shape index (κ1) is 21.6. The summed E-state index contributed by atoms with van der Waals surface area (Å²) in [5, 5.41) is 5.41.